The Morgan fingerprint density at radius 2 is 1.95 bits per heavy atom. The van der Waals surface area contributed by atoms with Gasteiger partial charge in [-0.3, -0.25) is 4.98 Å². The molecular formula is C15H25N3O3S. The third-order valence-electron chi connectivity index (χ3n) is 4.15. The van der Waals surface area contributed by atoms with Crippen LogP contribution in [0.25, 0.3) is 0 Å². The maximum absolute atomic E-state index is 11.7. The fourth-order valence-corrected chi connectivity index (χ4v) is 2.61. The summed E-state index contributed by atoms with van der Waals surface area (Å²) in [5.74, 6) is 1.03. The summed E-state index contributed by atoms with van der Waals surface area (Å²) in [7, 11) is -3.15. The maximum Gasteiger partial charge on any atom is 0.234 e. The molecule has 1 aliphatic carbocycles. The molecule has 0 aromatic carbocycles. The third kappa shape index (κ3) is 4.56. The van der Waals surface area contributed by atoms with Crippen LogP contribution in [0.3, 0.4) is 0 Å². The Morgan fingerprint density at radius 3 is 2.59 bits per heavy atom. The van der Waals surface area contributed by atoms with Gasteiger partial charge in [0.05, 0.1) is 17.1 Å². The zero-order valence-corrected chi connectivity index (χ0v) is 14.3. The average Bonchev–Trinajstić information content (AvgIpc) is 2.46. The minimum Gasteiger partial charge on any atom is -0.473 e. The molecule has 1 N–H and O–H groups in total. The number of aromatic nitrogens is 2. The van der Waals surface area contributed by atoms with E-state index in [-0.39, 0.29) is 12.6 Å². The van der Waals surface area contributed by atoms with Crippen molar-refractivity contribution in [2.75, 3.05) is 18.1 Å². The van der Waals surface area contributed by atoms with Crippen LogP contribution in [0, 0.1) is 0 Å². The van der Waals surface area contributed by atoms with Crippen molar-refractivity contribution in [3.63, 3.8) is 0 Å². The molecule has 6 nitrogen and oxygen atoms in total. The molecule has 0 bridgehead atoms. The van der Waals surface area contributed by atoms with Gasteiger partial charge in [0.1, 0.15) is 11.9 Å². The van der Waals surface area contributed by atoms with E-state index in [2.05, 4.69) is 15.3 Å². The van der Waals surface area contributed by atoms with E-state index in [0.717, 1.165) is 12.8 Å². The lowest BCUT2D eigenvalue weighted by Gasteiger charge is -2.24. The monoisotopic (exact) mass is 327 g/mol. The Kier molecular flexibility index (Phi) is 5.26. The molecule has 1 aliphatic rings. The maximum atomic E-state index is 11.7. The first kappa shape index (κ1) is 17.0. The molecule has 0 radical (unpaired) electrons. The summed E-state index contributed by atoms with van der Waals surface area (Å²) >= 11 is 0. The molecule has 0 amide bonds. The highest BCUT2D eigenvalue weighted by molar-refractivity contribution is 7.92. The van der Waals surface area contributed by atoms with Crippen LogP contribution in [0.5, 0.6) is 5.88 Å². The first-order valence-corrected chi connectivity index (χ1v) is 9.59. The largest absolute Gasteiger partial charge is 0.473 e. The summed E-state index contributed by atoms with van der Waals surface area (Å²) in [5.41, 5.74) is 0. The van der Waals surface area contributed by atoms with Crippen molar-refractivity contribution in [1.29, 1.82) is 0 Å². The molecule has 22 heavy (non-hydrogen) atoms. The first-order chi connectivity index (χ1) is 10.3. The van der Waals surface area contributed by atoms with Gasteiger partial charge >= 0.3 is 0 Å². The zero-order valence-electron chi connectivity index (χ0n) is 13.5. The van der Waals surface area contributed by atoms with E-state index >= 15 is 0 Å². The minimum absolute atomic E-state index is 0.214. The van der Waals surface area contributed by atoms with Gasteiger partial charge in [0, 0.05) is 12.8 Å². The number of ether oxygens (including phenoxy) is 1. The molecule has 0 saturated heterocycles. The molecule has 1 fully saturated rings. The quantitative estimate of drug-likeness (QED) is 0.864. The van der Waals surface area contributed by atoms with E-state index in [1.165, 1.54) is 25.5 Å². The number of nitrogens with one attached hydrogen (secondary N) is 1. The van der Waals surface area contributed by atoms with E-state index < -0.39 is 14.6 Å². The van der Waals surface area contributed by atoms with Gasteiger partial charge in [-0.15, -0.1) is 0 Å². The van der Waals surface area contributed by atoms with Crippen LogP contribution in [-0.2, 0) is 9.84 Å². The second kappa shape index (κ2) is 6.81. The first-order valence-electron chi connectivity index (χ1n) is 7.70. The van der Waals surface area contributed by atoms with Gasteiger partial charge < -0.3 is 10.1 Å². The number of hydrogen-bond acceptors (Lipinski definition) is 6. The summed E-state index contributed by atoms with van der Waals surface area (Å²) in [5, 5.41) is 3.04. The van der Waals surface area contributed by atoms with Gasteiger partial charge in [-0.25, -0.2) is 8.42 Å². The van der Waals surface area contributed by atoms with Crippen LogP contribution in [0.4, 0.5) is 5.82 Å². The predicted octanol–water partition coefficient (Wildman–Crippen LogP) is 2.42. The zero-order chi connectivity index (χ0) is 16.2. The van der Waals surface area contributed by atoms with E-state index in [0.29, 0.717) is 11.7 Å². The SMILES string of the molecule is CC(C)(CNc1cncc(OC2CCCCC2)n1)S(C)(=O)=O. The molecule has 0 atom stereocenters. The Bertz CT molecular complexity index is 596. The van der Waals surface area contributed by atoms with E-state index in [4.69, 9.17) is 4.74 Å². The summed E-state index contributed by atoms with van der Waals surface area (Å²) in [4.78, 5) is 8.47. The molecule has 0 spiro atoms. The van der Waals surface area contributed by atoms with Crippen molar-refractivity contribution in [3.05, 3.63) is 12.4 Å². The molecule has 0 aliphatic heterocycles. The minimum atomic E-state index is -3.15. The second-order valence-corrected chi connectivity index (χ2v) is 9.16. The Balaban J connectivity index is 1.96. The number of anilines is 1. The Hall–Kier alpha value is -1.37. The van der Waals surface area contributed by atoms with Gasteiger partial charge in [0.25, 0.3) is 0 Å². The van der Waals surface area contributed by atoms with Crippen LogP contribution in [0.2, 0.25) is 0 Å². The summed E-state index contributed by atoms with van der Waals surface area (Å²) < 4.78 is 28.4. The van der Waals surface area contributed by atoms with Gasteiger partial charge in [-0.1, -0.05) is 6.42 Å². The Morgan fingerprint density at radius 1 is 1.27 bits per heavy atom. The molecule has 0 unspecified atom stereocenters. The third-order valence-corrected chi connectivity index (χ3v) is 6.30. The van der Waals surface area contributed by atoms with Crippen LogP contribution >= 0.6 is 0 Å². The van der Waals surface area contributed by atoms with Crippen LogP contribution in [-0.4, -0.2) is 42.0 Å². The molecular weight excluding hydrogens is 302 g/mol. The van der Waals surface area contributed by atoms with Crippen LogP contribution < -0.4 is 10.1 Å². The van der Waals surface area contributed by atoms with Gasteiger partial charge in [-0.05, 0) is 39.5 Å². The standard InChI is InChI=1S/C15H25N3O3S/c1-15(2,22(3,19)20)11-17-13-9-16-10-14(18-13)21-12-7-5-4-6-8-12/h9-10,12H,4-8,11H2,1-3H3,(H,17,18). The second-order valence-electron chi connectivity index (χ2n) is 6.51. The molecule has 7 heteroatoms. The van der Waals surface area contributed by atoms with Crippen molar-refractivity contribution >= 4 is 15.7 Å². The molecule has 1 heterocycles. The fraction of sp³-hybridized carbons (Fsp3) is 0.733. The number of nitrogens with zero attached hydrogens (tertiary/aromatic N) is 2. The summed E-state index contributed by atoms with van der Waals surface area (Å²) in [6.45, 7) is 3.64. The molecule has 1 aromatic heterocycles. The molecule has 124 valence electrons. The Labute approximate surface area is 132 Å². The average molecular weight is 327 g/mol. The summed E-state index contributed by atoms with van der Waals surface area (Å²) in [6.07, 6.45) is 10.4. The smallest absolute Gasteiger partial charge is 0.234 e. The van der Waals surface area contributed by atoms with E-state index in [9.17, 15) is 8.42 Å². The predicted molar refractivity (Wildman–Crippen MR) is 86.9 cm³/mol. The highest BCUT2D eigenvalue weighted by Crippen LogP contribution is 2.23. The highest BCUT2D eigenvalue weighted by Gasteiger charge is 2.30. The number of hydrogen-bond donors (Lipinski definition) is 1. The number of rotatable bonds is 6. The molecule has 1 saturated carbocycles. The fourth-order valence-electron chi connectivity index (χ4n) is 2.28. The summed E-state index contributed by atoms with van der Waals surface area (Å²) in [6, 6.07) is 0. The lowest BCUT2D eigenvalue weighted by Crippen LogP contribution is -2.38. The van der Waals surface area contributed by atoms with Crippen molar-refractivity contribution < 1.29 is 13.2 Å². The van der Waals surface area contributed by atoms with Crippen LogP contribution in [0.15, 0.2) is 12.4 Å². The van der Waals surface area contributed by atoms with E-state index in [1.807, 2.05) is 0 Å². The van der Waals surface area contributed by atoms with Gasteiger partial charge in [0.2, 0.25) is 5.88 Å². The lowest BCUT2D eigenvalue weighted by molar-refractivity contribution is 0.148. The van der Waals surface area contributed by atoms with Crippen molar-refractivity contribution in [2.24, 2.45) is 0 Å². The molecule has 1 aromatic rings. The topological polar surface area (TPSA) is 81.2 Å². The van der Waals surface area contributed by atoms with Crippen LogP contribution in [0.1, 0.15) is 46.0 Å². The molecule has 2 rings (SSSR count). The van der Waals surface area contributed by atoms with Crippen molar-refractivity contribution in [1.82, 2.24) is 9.97 Å². The van der Waals surface area contributed by atoms with Crippen molar-refractivity contribution in [2.45, 2.75) is 56.8 Å². The van der Waals surface area contributed by atoms with Gasteiger partial charge in [0.15, 0.2) is 9.84 Å². The highest BCUT2D eigenvalue weighted by atomic mass is 32.2. The van der Waals surface area contributed by atoms with Crippen molar-refractivity contribution in [3.8, 4) is 5.88 Å². The number of sulfone groups is 1. The normalized spacial score (nSPS) is 17.2. The van der Waals surface area contributed by atoms with Gasteiger partial charge in [-0.2, -0.15) is 4.98 Å². The van der Waals surface area contributed by atoms with E-state index in [1.54, 1.807) is 26.2 Å². The lowest BCUT2D eigenvalue weighted by atomic mass is 9.98.